The van der Waals surface area contributed by atoms with Gasteiger partial charge in [0.05, 0.1) is 30.4 Å². The zero-order chi connectivity index (χ0) is 23.2. The molecule has 0 radical (unpaired) electrons. The van der Waals surface area contributed by atoms with Crippen LogP contribution in [0.25, 0.3) is 27.6 Å². The molecule has 2 aromatic carbocycles. The summed E-state index contributed by atoms with van der Waals surface area (Å²) < 4.78 is 33.0. The summed E-state index contributed by atoms with van der Waals surface area (Å²) in [6, 6.07) is 13.0. The van der Waals surface area contributed by atoms with Crippen molar-refractivity contribution in [3.63, 3.8) is 0 Å². The van der Waals surface area contributed by atoms with E-state index in [-0.39, 0.29) is 35.3 Å². The number of aromatic nitrogens is 5. The second kappa shape index (κ2) is 7.64. The predicted octanol–water partition coefficient (Wildman–Crippen LogP) is 4.36. The van der Waals surface area contributed by atoms with Crippen LogP contribution in [0.15, 0.2) is 71.9 Å². The standard InChI is InChI=1S/C23H19FN6O/c1-2-16(28-21-20-18(11-12-25-21)26-13-27-20)22-29-17-10-6-9-15(24)19(17)23(31)30(22)14-7-4-3-5-8-14/h3-13,16H,2H2,1H3,(H,25,28)(H,26,27)/t16-/m0/s1/i13D,16D. The third kappa shape index (κ3) is 3.22. The van der Waals surface area contributed by atoms with Crippen LogP contribution < -0.4 is 10.9 Å². The van der Waals surface area contributed by atoms with Crippen molar-refractivity contribution in [2.24, 2.45) is 0 Å². The van der Waals surface area contributed by atoms with Gasteiger partial charge in [0.1, 0.15) is 23.9 Å². The van der Waals surface area contributed by atoms with Gasteiger partial charge in [0.15, 0.2) is 5.82 Å². The van der Waals surface area contributed by atoms with Crippen molar-refractivity contribution in [1.82, 2.24) is 24.5 Å². The smallest absolute Gasteiger partial charge is 0.269 e. The fourth-order valence-electron chi connectivity index (χ4n) is 3.56. The van der Waals surface area contributed by atoms with Crippen LogP contribution >= 0.6 is 0 Å². The Hall–Kier alpha value is -4.07. The third-order valence-corrected chi connectivity index (χ3v) is 5.04. The van der Waals surface area contributed by atoms with E-state index in [1.807, 2.05) is 0 Å². The van der Waals surface area contributed by atoms with Gasteiger partial charge < -0.3 is 10.3 Å². The van der Waals surface area contributed by atoms with E-state index in [0.29, 0.717) is 16.7 Å². The molecule has 31 heavy (non-hydrogen) atoms. The van der Waals surface area contributed by atoms with E-state index in [1.54, 1.807) is 49.4 Å². The minimum atomic E-state index is -1.63. The van der Waals surface area contributed by atoms with Crippen molar-refractivity contribution in [2.75, 3.05) is 5.32 Å². The number of rotatable bonds is 5. The van der Waals surface area contributed by atoms with Gasteiger partial charge in [0.25, 0.3) is 5.56 Å². The van der Waals surface area contributed by atoms with Crippen LogP contribution in [0.1, 0.15) is 27.9 Å². The van der Waals surface area contributed by atoms with Gasteiger partial charge >= 0.3 is 0 Å². The first-order valence-electron chi connectivity index (χ1n) is 10.8. The molecule has 3 aromatic heterocycles. The fraction of sp³-hybridized carbons (Fsp3) is 0.130. The maximum Gasteiger partial charge on any atom is 0.269 e. The summed E-state index contributed by atoms with van der Waals surface area (Å²) in [5, 5.41) is 2.92. The molecule has 5 aromatic rings. The molecule has 0 saturated heterocycles. The summed E-state index contributed by atoms with van der Waals surface area (Å²) in [5.41, 5.74) is 0.998. The quantitative estimate of drug-likeness (QED) is 0.444. The number of fused-ring (bicyclic) bond motifs is 2. The summed E-state index contributed by atoms with van der Waals surface area (Å²) in [5.74, 6) is -0.320. The molecule has 8 heteroatoms. The molecule has 0 unspecified atom stereocenters. The highest BCUT2D eigenvalue weighted by Crippen LogP contribution is 2.26. The Bertz CT molecular complexity index is 1550. The largest absolute Gasteiger partial charge is 0.358 e. The van der Waals surface area contributed by atoms with E-state index >= 15 is 0 Å². The molecule has 0 spiro atoms. The molecule has 7 nitrogen and oxygen atoms in total. The zero-order valence-corrected chi connectivity index (χ0v) is 16.6. The van der Waals surface area contributed by atoms with Crippen molar-refractivity contribution in [3.8, 4) is 5.69 Å². The van der Waals surface area contributed by atoms with Crippen molar-refractivity contribution in [1.29, 1.82) is 0 Å². The summed E-state index contributed by atoms with van der Waals surface area (Å²) in [6.45, 7) is 1.78. The highest BCUT2D eigenvalue weighted by atomic mass is 19.1. The number of hydrogen-bond donors (Lipinski definition) is 2. The number of nitrogens with one attached hydrogen (secondary N) is 2. The van der Waals surface area contributed by atoms with Crippen LogP contribution in [0.2, 0.25) is 0 Å². The molecule has 3 heterocycles. The molecule has 1 atom stereocenters. The van der Waals surface area contributed by atoms with Crippen molar-refractivity contribution in [2.45, 2.75) is 19.4 Å². The Morgan fingerprint density at radius 1 is 1.19 bits per heavy atom. The van der Waals surface area contributed by atoms with E-state index in [4.69, 9.17) is 1.37 Å². The highest BCUT2D eigenvalue weighted by Gasteiger charge is 2.22. The molecule has 0 bridgehead atoms. The third-order valence-electron chi connectivity index (χ3n) is 5.04. The second-order valence-electron chi connectivity index (χ2n) is 6.91. The fourth-order valence-corrected chi connectivity index (χ4v) is 3.56. The van der Waals surface area contributed by atoms with E-state index in [9.17, 15) is 10.6 Å². The summed E-state index contributed by atoms with van der Waals surface area (Å²) in [7, 11) is 0. The van der Waals surface area contributed by atoms with Crippen LogP contribution in [0.3, 0.4) is 0 Å². The molecular formula is C23H19FN6O. The van der Waals surface area contributed by atoms with Crippen LogP contribution in [0.4, 0.5) is 10.2 Å². The van der Waals surface area contributed by atoms with Crippen LogP contribution in [-0.2, 0) is 0 Å². The Kier molecular flexibility index (Phi) is 4.11. The molecule has 154 valence electrons. The van der Waals surface area contributed by atoms with Gasteiger partial charge in [0.2, 0.25) is 0 Å². The average molecular weight is 416 g/mol. The number of aromatic amines is 1. The van der Waals surface area contributed by atoms with Gasteiger partial charge in [-0.1, -0.05) is 31.2 Å². The van der Waals surface area contributed by atoms with Gasteiger partial charge in [-0.2, -0.15) is 0 Å². The molecule has 0 aliphatic heterocycles. The molecule has 0 fully saturated rings. The SMILES string of the molecule is [2H]c1nc2c(N[C@@]([2H])(CC)c3nc4cccc(F)c4c(=O)n3-c3ccccc3)nccc2[nH]1. The van der Waals surface area contributed by atoms with Crippen LogP contribution in [0.5, 0.6) is 0 Å². The lowest BCUT2D eigenvalue weighted by Gasteiger charge is -2.22. The van der Waals surface area contributed by atoms with Gasteiger partial charge in [-0.15, -0.1) is 0 Å². The number of benzene rings is 2. The van der Waals surface area contributed by atoms with Gasteiger partial charge in [0, 0.05) is 6.20 Å². The van der Waals surface area contributed by atoms with Crippen LogP contribution in [-0.4, -0.2) is 24.5 Å². The summed E-state index contributed by atoms with van der Waals surface area (Å²) >= 11 is 0. The maximum atomic E-state index is 14.6. The Balaban J connectivity index is 1.79. The Morgan fingerprint density at radius 2 is 2.03 bits per heavy atom. The number of anilines is 1. The minimum absolute atomic E-state index is 0.0337. The molecule has 0 aliphatic carbocycles. The summed E-state index contributed by atoms with van der Waals surface area (Å²) in [6.07, 6.45) is 1.70. The molecule has 5 rings (SSSR count). The van der Waals surface area contributed by atoms with Crippen molar-refractivity contribution >= 4 is 27.8 Å². The van der Waals surface area contributed by atoms with Gasteiger partial charge in [-0.05, 0) is 36.8 Å². The Labute approximate surface area is 179 Å². The zero-order valence-electron chi connectivity index (χ0n) is 18.6. The molecule has 0 amide bonds. The topological polar surface area (TPSA) is 88.5 Å². The number of imidazole rings is 1. The van der Waals surface area contributed by atoms with E-state index in [1.165, 1.54) is 22.9 Å². The Morgan fingerprint density at radius 3 is 2.84 bits per heavy atom. The molecule has 0 aliphatic rings. The number of H-pyrrole nitrogens is 1. The van der Waals surface area contributed by atoms with E-state index in [0.717, 1.165) is 0 Å². The van der Waals surface area contributed by atoms with Crippen molar-refractivity contribution in [3.05, 3.63) is 89.1 Å². The predicted molar refractivity (Wildman–Crippen MR) is 118 cm³/mol. The lowest BCUT2D eigenvalue weighted by atomic mass is 10.1. The van der Waals surface area contributed by atoms with Crippen molar-refractivity contribution < 1.29 is 7.13 Å². The second-order valence-corrected chi connectivity index (χ2v) is 6.91. The summed E-state index contributed by atoms with van der Waals surface area (Å²) in [4.78, 5) is 29.4. The lowest BCUT2D eigenvalue weighted by Crippen LogP contribution is -2.28. The lowest BCUT2D eigenvalue weighted by molar-refractivity contribution is 0.630. The molecular weight excluding hydrogens is 395 g/mol. The number of halogens is 1. The van der Waals surface area contributed by atoms with Gasteiger partial charge in [-0.25, -0.2) is 19.3 Å². The number of nitrogens with zero attached hydrogens (tertiary/aromatic N) is 4. The number of hydrogen-bond acceptors (Lipinski definition) is 5. The normalized spacial score (nSPS) is 14.3. The van der Waals surface area contributed by atoms with Gasteiger partial charge in [-0.3, -0.25) is 9.36 Å². The monoisotopic (exact) mass is 416 g/mol. The number of pyridine rings is 1. The minimum Gasteiger partial charge on any atom is -0.358 e. The van der Waals surface area contributed by atoms with E-state index in [2.05, 4.69) is 25.3 Å². The molecule has 2 N–H and O–H groups in total. The average Bonchev–Trinajstić information content (AvgIpc) is 3.20. The first-order chi connectivity index (χ1) is 15.9. The maximum absolute atomic E-state index is 14.6. The highest BCUT2D eigenvalue weighted by molar-refractivity contribution is 5.85. The van der Waals surface area contributed by atoms with Crippen LogP contribution in [0, 0.1) is 5.82 Å². The number of para-hydroxylation sites is 1. The first-order valence-corrected chi connectivity index (χ1v) is 9.78. The van der Waals surface area contributed by atoms with E-state index < -0.39 is 17.4 Å². The first kappa shape index (κ1) is 16.7. The molecule has 0 saturated carbocycles.